The van der Waals surface area contributed by atoms with E-state index in [-0.39, 0.29) is 18.0 Å². The zero-order chi connectivity index (χ0) is 17.8. The largest absolute Gasteiger partial charge is 0.465 e. The Labute approximate surface area is 142 Å². The van der Waals surface area contributed by atoms with E-state index in [9.17, 15) is 14.4 Å². The summed E-state index contributed by atoms with van der Waals surface area (Å²) >= 11 is 0. The average molecular weight is 338 g/mol. The number of tetrazole rings is 1. The Kier molecular flexibility index (Phi) is 4.60. The molecule has 0 amide bonds. The summed E-state index contributed by atoms with van der Waals surface area (Å²) < 4.78 is 5.60. The van der Waals surface area contributed by atoms with Crippen molar-refractivity contribution in [3.05, 3.63) is 64.9 Å². The molecule has 0 bridgehead atoms. The fraction of sp³-hybridized carbons (Fsp3) is 0.176. The molecule has 8 heteroatoms. The van der Waals surface area contributed by atoms with Crippen LogP contribution in [0.4, 0.5) is 0 Å². The molecule has 1 aromatic carbocycles. The highest BCUT2D eigenvalue weighted by atomic mass is 16.3. The Bertz CT molecular complexity index is 911. The molecule has 3 rings (SSSR count). The lowest BCUT2D eigenvalue weighted by Gasteiger charge is -2.00. The standard InChI is InChI=1S/C17H14N4O4/c1-10(22)12-4-2-11(3-5-12)8-13-6-7-14(25-13)9-15(23)16(24)17-18-20-21-19-17/h2-7H,8-9H2,1H3,(H,18,19,20,21). The van der Waals surface area contributed by atoms with Gasteiger partial charge >= 0.3 is 0 Å². The van der Waals surface area contributed by atoms with Gasteiger partial charge in [-0.1, -0.05) is 24.3 Å². The highest BCUT2D eigenvalue weighted by Gasteiger charge is 2.22. The first kappa shape index (κ1) is 16.4. The molecule has 2 heterocycles. The number of benzene rings is 1. The van der Waals surface area contributed by atoms with Crippen molar-refractivity contribution < 1.29 is 18.8 Å². The van der Waals surface area contributed by atoms with Crippen LogP contribution in [0.25, 0.3) is 0 Å². The van der Waals surface area contributed by atoms with Crippen LogP contribution in [0.1, 0.15) is 45.0 Å². The lowest BCUT2D eigenvalue weighted by Crippen LogP contribution is -2.18. The Morgan fingerprint density at radius 3 is 2.40 bits per heavy atom. The van der Waals surface area contributed by atoms with E-state index in [4.69, 9.17) is 4.42 Å². The number of nitrogens with one attached hydrogen (secondary N) is 1. The Morgan fingerprint density at radius 1 is 1.04 bits per heavy atom. The third-order valence-electron chi connectivity index (χ3n) is 3.59. The summed E-state index contributed by atoms with van der Waals surface area (Å²) in [5, 5.41) is 12.3. The SMILES string of the molecule is CC(=O)c1ccc(Cc2ccc(CC(=O)C(=O)c3nn[nH]n3)o2)cc1. The Morgan fingerprint density at radius 2 is 1.76 bits per heavy atom. The van der Waals surface area contributed by atoms with Gasteiger partial charge in [0.25, 0.3) is 5.78 Å². The predicted octanol–water partition coefficient (Wildman–Crippen LogP) is 1.58. The molecule has 0 saturated heterocycles. The first-order valence-corrected chi connectivity index (χ1v) is 7.51. The van der Waals surface area contributed by atoms with Crippen LogP contribution < -0.4 is 0 Å². The molecule has 0 aliphatic carbocycles. The Hall–Kier alpha value is -3.42. The summed E-state index contributed by atoms with van der Waals surface area (Å²) in [6, 6.07) is 10.6. The summed E-state index contributed by atoms with van der Waals surface area (Å²) in [6.45, 7) is 1.51. The molecule has 0 saturated carbocycles. The van der Waals surface area contributed by atoms with Crippen molar-refractivity contribution in [2.75, 3.05) is 0 Å². The molecule has 0 aliphatic heterocycles. The number of carbonyl (C=O) groups excluding carboxylic acids is 3. The second kappa shape index (κ2) is 7.00. The number of hydrogen-bond acceptors (Lipinski definition) is 7. The van der Waals surface area contributed by atoms with Crippen molar-refractivity contribution in [3.63, 3.8) is 0 Å². The van der Waals surface area contributed by atoms with E-state index in [0.717, 1.165) is 5.56 Å². The normalized spacial score (nSPS) is 10.6. The van der Waals surface area contributed by atoms with Crippen LogP contribution in [0.5, 0.6) is 0 Å². The number of H-pyrrole nitrogens is 1. The van der Waals surface area contributed by atoms with Crippen molar-refractivity contribution >= 4 is 17.3 Å². The fourth-order valence-electron chi connectivity index (χ4n) is 2.29. The molecule has 8 nitrogen and oxygen atoms in total. The average Bonchev–Trinajstić information content (AvgIpc) is 3.27. The molecule has 0 radical (unpaired) electrons. The topological polar surface area (TPSA) is 119 Å². The van der Waals surface area contributed by atoms with Gasteiger partial charge in [-0.15, -0.1) is 10.2 Å². The molecule has 0 aliphatic rings. The molecular weight excluding hydrogens is 324 g/mol. The first-order chi connectivity index (χ1) is 12.0. The molecular formula is C17H14N4O4. The van der Waals surface area contributed by atoms with Gasteiger partial charge in [0.05, 0.1) is 6.42 Å². The second-order valence-corrected chi connectivity index (χ2v) is 5.46. The van der Waals surface area contributed by atoms with Gasteiger partial charge in [0.15, 0.2) is 5.78 Å². The van der Waals surface area contributed by atoms with Gasteiger partial charge in [-0.05, 0) is 29.8 Å². The molecule has 1 N–H and O–H groups in total. The zero-order valence-electron chi connectivity index (χ0n) is 13.4. The van der Waals surface area contributed by atoms with Crippen LogP contribution in [0.3, 0.4) is 0 Å². The van der Waals surface area contributed by atoms with Crippen molar-refractivity contribution in [1.29, 1.82) is 0 Å². The van der Waals surface area contributed by atoms with E-state index in [1.54, 1.807) is 24.3 Å². The highest BCUT2D eigenvalue weighted by molar-refractivity contribution is 6.42. The van der Waals surface area contributed by atoms with Crippen molar-refractivity contribution in [3.8, 4) is 0 Å². The van der Waals surface area contributed by atoms with E-state index < -0.39 is 11.6 Å². The van der Waals surface area contributed by atoms with E-state index in [1.807, 2.05) is 12.1 Å². The maximum Gasteiger partial charge on any atom is 0.269 e. The number of hydrogen-bond donors (Lipinski definition) is 1. The molecule has 0 fully saturated rings. The van der Waals surface area contributed by atoms with Gasteiger partial charge < -0.3 is 4.42 Å². The molecule has 0 atom stereocenters. The Balaban J connectivity index is 1.63. The predicted molar refractivity (Wildman–Crippen MR) is 85.2 cm³/mol. The summed E-state index contributed by atoms with van der Waals surface area (Å²) in [6.07, 6.45) is 0.349. The number of aromatic amines is 1. The van der Waals surface area contributed by atoms with Gasteiger partial charge in [-0.2, -0.15) is 5.21 Å². The van der Waals surface area contributed by atoms with Crippen LogP contribution >= 0.6 is 0 Å². The first-order valence-electron chi connectivity index (χ1n) is 7.51. The van der Waals surface area contributed by atoms with Gasteiger partial charge in [0, 0.05) is 12.0 Å². The quantitative estimate of drug-likeness (QED) is 0.513. The fourth-order valence-corrected chi connectivity index (χ4v) is 2.29. The van der Waals surface area contributed by atoms with E-state index in [2.05, 4.69) is 20.6 Å². The maximum atomic E-state index is 11.9. The van der Waals surface area contributed by atoms with Crippen LogP contribution in [-0.4, -0.2) is 38.0 Å². The van der Waals surface area contributed by atoms with E-state index in [0.29, 0.717) is 23.5 Å². The molecule has 0 spiro atoms. The van der Waals surface area contributed by atoms with Crippen molar-refractivity contribution in [1.82, 2.24) is 20.6 Å². The number of carbonyl (C=O) groups is 3. The number of ketones is 3. The molecule has 0 unspecified atom stereocenters. The number of Topliss-reactive ketones (excluding diaryl/α,β-unsaturated/α-hetero) is 3. The molecule has 25 heavy (non-hydrogen) atoms. The van der Waals surface area contributed by atoms with Gasteiger partial charge in [0.1, 0.15) is 11.5 Å². The minimum Gasteiger partial charge on any atom is -0.465 e. The van der Waals surface area contributed by atoms with Gasteiger partial charge in [-0.3, -0.25) is 14.4 Å². The summed E-state index contributed by atoms with van der Waals surface area (Å²) in [4.78, 5) is 35.0. The van der Waals surface area contributed by atoms with Crippen LogP contribution in [0.2, 0.25) is 0 Å². The van der Waals surface area contributed by atoms with E-state index >= 15 is 0 Å². The number of rotatable bonds is 7. The smallest absolute Gasteiger partial charge is 0.269 e. The highest BCUT2D eigenvalue weighted by Crippen LogP contribution is 2.15. The van der Waals surface area contributed by atoms with Gasteiger partial charge in [-0.25, -0.2) is 0 Å². The second-order valence-electron chi connectivity index (χ2n) is 5.46. The monoisotopic (exact) mass is 338 g/mol. The minimum absolute atomic E-state index is 0.0108. The maximum absolute atomic E-state index is 11.9. The molecule has 126 valence electrons. The van der Waals surface area contributed by atoms with Crippen LogP contribution in [0, 0.1) is 0 Å². The summed E-state index contributed by atoms with van der Waals surface area (Å²) in [5.74, 6) is -0.693. The van der Waals surface area contributed by atoms with Crippen molar-refractivity contribution in [2.45, 2.75) is 19.8 Å². The van der Waals surface area contributed by atoms with Crippen LogP contribution in [0.15, 0.2) is 40.8 Å². The summed E-state index contributed by atoms with van der Waals surface area (Å²) in [5.41, 5.74) is 1.62. The van der Waals surface area contributed by atoms with Crippen molar-refractivity contribution in [2.24, 2.45) is 0 Å². The lowest BCUT2D eigenvalue weighted by molar-refractivity contribution is -0.114. The third kappa shape index (κ3) is 3.92. The summed E-state index contributed by atoms with van der Waals surface area (Å²) in [7, 11) is 0. The molecule has 3 aromatic rings. The number of nitrogens with zero attached hydrogens (tertiary/aromatic N) is 3. The number of aromatic nitrogens is 4. The third-order valence-corrected chi connectivity index (χ3v) is 3.59. The van der Waals surface area contributed by atoms with E-state index in [1.165, 1.54) is 6.92 Å². The van der Waals surface area contributed by atoms with Gasteiger partial charge in [0.2, 0.25) is 11.6 Å². The number of furan rings is 1. The minimum atomic E-state index is -0.813. The lowest BCUT2D eigenvalue weighted by atomic mass is 10.1. The molecule has 2 aromatic heterocycles. The zero-order valence-corrected chi connectivity index (χ0v) is 13.4. The van der Waals surface area contributed by atoms with Crippen LogP contribution in [-0.2, 0) is 17.6 Å².